The van der Waals surface area contributed by atoms with Crippen molar-refractivity contribution in [1.82, 2.24) is 10.6 Å². The molecule has 4 nitrogen and oxygen atoms in total. The van der Waals surface area contributed by atoms with Crippen molar-refractivity contribution >= 4 is 11.8 Å². The molecule has 19 heavy (non-hydrogen) atoms. The third-order valence-electron chi connectivity index (χ3n) is 2.94. The summed E-state index contributed by atoms with van der Waals surface area (Å²) in [6.45, 7) is 2.04. The number of carbonyl (C=O) groups excluding carboxylic acids is 2. The predicted molar refractivity (Wildman–Crippen MR) is 75.7 cm³/mol. The summed E-state index contributed by atoms with van der Waals surface area (Å²) in [6.07, 6.45) is 2.80. The summed E-state index contributed by atoms with van der Waals surface area (Å²) in [6, 6.07) is 9.18. The van der Waals surface area contributed by atoms with E-state index in [4.69, 9.17) is 0 Å². The largest absolute Gasteiger partial charge is 0.357 e. The van der Waals surface area contributed by atoms with E-state index in [1.165, 1.54) is 0 Å². The Balaban J connectivity index is 2.62. The Hall–Kier alpha value is -1.84. The van der Waals surface area contributed by atoms with Crippen LogP contribution in [0.15, 0.2) is 30.3 Å². The smallest absolute Gasteiger partial charge is 0.242 e. The quantitative estimate of drug-likeness (QED) is 0.785. The maximum atomic E-state index is 11.8. The van der Waals surface area contributed by atoms with Crippen molar-refractivity contribution in [2.45, 2.75) is 38.6 Å². The normalized spacial score (nSPS) is 11.7. The van der Waals surface area contributed by atoms with Crippen LogP contribution in [-0.2, 0) is 16.0 Å². The number of unbranched alkanes of at least 4 members (excludes halogenated alkanes) is 1. The van der Waals surface area contributed by atoms with Crippen molar-refractivity contribution in [2.75, 3.05) is 7.05 Å². The molecule has 1 rings (SSSR count). The molecule has 1 atom stereocenters. The molecule has 0 saturated heterocycles. The van der Waals surface area contributed by atoms with Crippen LogP contribution < -0.4 is 10.6 Å². The Morgan fingerprint density at radius 1 is 1.21 bits per heavy atom. The Morgan fingerprint density at radius 2 is 1.89 bits per heavy atom. The fourth-order valence-electron chi connectivity index (χ4n) is 1.84. The van der Waals surface area contributed by atoms with E-state index in [1.807, 2.05) is 37.3 Å². The molecule has 0 bridgehead atoms. The van der Waals surface area contributed by atoms with Crippen LogP contribution in [-0.4, -0.2) is 24.9 Å². The zero-order valence-corrected chi connectivity index (χ0v) is 11.6. The molecule has 0 radical (unpaired) electrons. The van der Waals surface area contributed by atoms with Gasteiger partial charge in [-0.05, 0) is 12.0 Å². The molecular weight excluding hydrogens is 240 g/mol. The van der Waals surface area contributed by atoms with Gasteiger partial charge in [-0.2, -0.15) is 0 Å². The van der Waals surface area contributed by atoms with Gasteiger partial charge in [-0.1, -0.05) is 43.7 Å². The summed E-state index contributed by atoms with van der Waals surface area (Å²) < 4.78 is 0. The molecule has 104 valence electrons. The lowest BCUT2D eigenvalue weighted by molar-refractivity contribution is -0.128. The molecule has 0 aliphatic rings. The molecule has 0 aliphatic carbocycles. The molecule has 4 heteroatoms. The van der Waals surface area contributed by atoms with E-state index in [9.17, 15) is 9.59 Å². The summed E-state index contributed by atoms with van der Waals surface area (Å²) >= 11 is 0. The highest BCUT2D eigenvalue weighted by atomic mass is 16.2. The molecule has 0 heterocycles. The lowest BCUT2D eigenvalue weighted by Gasteiger charge is -2.17. The highest BCUT2D eigenvalue weighted by molar-refractivity contribution is 5.87. The number of hydrogen-bond donors (Lipinski definition) is 2. The minimum absolute atomic E-state index is 0.0635. The first-order chi connectivity index (χ1) is 9.17. The molecule has 0 fully saturated rings. The SMILES string of the molecule is CCCCC(=O)NC(Cc1ccccc1)C(=O)NC. The first kappa shape index (κ1) is 15.2. The minimum atomic E-state index is -0.503. The van der Waals surface area contributed by atoms with Gasteiger partial charge in [-0.15, -0.1) is 0 Å². The molecule has 0 aliphatic heterocycles. The van der Waals surface area contributed by atoms with Crippen molar-refractivity contribution in [3.8, 4) is 0 Å². The highest BCUT2D eigenvalue weighted by Gasteiger charge is 2.19. The second-order valence-electron chi connectivity index (χ2n) is 4.53. The van der Waals surface area contributed by atoms with Gasteiger partial charge >= 0.3 is 0 Å². The van der Waals surface area contributed by atoms with Crippen molar-refractivity contribution < 1.29 is 9.59 Å². The average Bonchev–Trinajstić information content (AvgIpc) is 2.44. The summed E-state index contributed by atoms with van der Waals surface area (Å²) in [7, 11) is 1.58. The van der Waals surface area contributed by atoms with Crippen LogP contribution in [0.4, 0.5) is 0 Å². The van der Waals surface area contributed by atoms with Gasteiger partial charge in [0.1, 0.15) is 6.04 Å². The standard InChI is InChI=1S/C15H22N2O2/c1-3-4-10-14(18)17-13(15(19)16-2)11-12-8-6-5-7-9-12/h5-9,13H,3-4,10-11H2,1-2H3,(H,16,19)(H,17,18). The summed E-state index contributed by atoms with van der Waals surface area (Å²) in [4.78, 5) is 23.5. The van der Waals surface area contributed by atoms with E-state index in [-0.39, 0.29) is 11.8 Å². The van der Waals surface area contributed by atoms with E-state index in [0.717, 1.165) is 18.4 Å². The number of nitrogens with one attached hydrogen (secondary N) is 2. The Bertz CT molecular complexity index is 404. The summed E-state index contributed by atoms with van der Waals surface area (Å²) in [5.74, 6) is -0.222. The average molecular weight is 262 g/mol. The molecule has 1 aromatic rings. The van der Waals surface area contributed by atoms with Gasteiger partial charge in [0.15, 0.2) is 0 Å². The molecule has 0 spiro atoms. The zero-order valence-electron chi connectivity index (χ0n) is 11.6. The third-order valence-corrected chi connectivity index (χ3v) is 2.94. The van der Waals surface area contributed by atoms with Gasteiger partial charge in [0.05, 0.1) is 0 Å². The minimum Gasteiger partial charge on any atom is -0.357 e. The van der Waals surface area contributed by atoms with Gasteiger partial charge in [0, 0.05) is 19.9 Å². The van der Waals surface area contributed by atoms with Gasteiger partial charge in [0.2, 0.25) is 11.8 Å². The number of rotatable bonds is 7. The van der Waals surface area contributed by atoms with Crippen molar-refractivity contribution in [1.29, 1.82) is 0 Å². The van der Waals surface area contributed by atoms with Crippen LogP contribution in [0.5, 0.6) is 0 Å². The number of benzene rings is 1. The molecular formula is C15H22N2O2. The number of amides is 2. The first-order valence-electron chi connectivity index (χ1n) is 6.72. The maximum Gasteiger partial charge on any atom is 0.242 e. The van der Waals surface area contributed by atoms with E-state index in [1.54, 1.807) is 7.05 Å². The lowest BCUT2D eigenvalue weighted by Crippen LogP contribution is -2.47. The fraction of sp³-hybridized carbons (Fsp3) is 0.467. The second-order valence-corrected chi connectivity index (χ2v) is 4.53. The van der Waals surface area contributed by atoms with E-state index in [2.05, 4.69) is 10.6 Å². The zero-order chi connectivity index (χ0) is 14.1. The Labute approximate surface area is 114 Å². The summed E-state index contributed by atoms with van der Waals surface area (Å²) in [5, 5.41) is 5.39. The molecule has 1 aromatic carbocycles. The van der Waals surface area contributed by atoms with Crippen LogP contribution in [0.3, 0.4) is 0 Å². The lowest BCUT2D eigenvalue weighted by atomic mass is 10.0. The second kappa shape index (κ2) is 8.29. The number of carbonyl (C=O) groups is 2. The highest BCUT2D eigenvalue weighted by Crippen LogP contribution is 2.04. The maximum absolute atomic E-state index is 11.8. The van der Waals surface area contributed by atoms with Crippen LogP contribution in [0.25, 0.3) is 0 Å². The van der Waals surface area contributed by atoms with Crippen LogP contribution in [0.2, 0.25) is 0 Å². The van der Waals surface area contributed by atoms with Gasteiger partial charge in [0.25, 0.3) is 0 Å². The van der Waals surface area contributed by atoms with Gasteiger partial charge < -0.3 is 10.6 Å². The van der Waals surface area contributed by atoms with E-state index in [0.29, 0.717) is 12.8 Å². The monoisotopic (exact) mass is 262 g/mol. The number of likely N-dealkylation sites (N-methyl/N-ethyl adjacent to an activating group) is 1. The van der Waals surface area contributed by atoms with Crippen molar-refractivity contribution in [2.24, 2.45) is 0 Å². The fourth-order valence-corrected chi connectivity index (χ4v) is 1.84. The van der Waals surface area contributed by atoms with Crippen LogP contribution in [0.1, 0.15) is 31.7 Å². The van der Waals surface area contributed by atoms with Crippen molar-refractivity contribution in [3.63, 3.8) is 0 Å². The Kier molecular flexibility index (Phi) is 6.64. The molecule has 2 amide bonds. The molecule has 2 N–H and O–H groups in total. The first-order valence-corrected chi connectivity index (χ1v) is 6.72. The number of hydrogen-bond acceptors (Lipinski definition) is 2. The summed E-state index contributed by atoms with van der Waals surface area (Å²) in [5.41, 5.74) is 1.03. The van der Waals surface area contributed by atoms with Gasteiger partial charge in [-0.25, -0.2) is 0 Å². The third kappa shape index (κ3) is 5.55. The Morgan fingerprint density at radius 3 is 2.47 bits per heavy atom. The topological polar surface area (TPSA) is 58.2 Å². The van der Waals surface area contributed by atoms with E-state index >= 15 is 0 Å². The van der Waals surface area contributed by atoms with Crippen LogP contribution in [0, 0.1) is 0 Å². The van der Waals surface area contributed by atoms with Gasteiger partial charge in [-0.3, -0.25) is 9.59 Å². The molecule has 1 unspecified atom stereocenters. The van der Waals surface area contributed by atoms with Crippen molar-refractivity contribution in [3.05, 3.63) is 35.9 Å². The van der Waals surface area contributed by atoms with E-state index < -0.39 is 6.04 Å². The predicted octanol–water partition coefficient (Wildman–Crippen LogP) is 1.65. The van der Waals surface area contributed by atoms with Crippen LogP contribution >= 0.6 is 0 Å². The molecule has 0 aromatic heterocycles. The molecule has 0 saturated carbocycles.